The fourth-order valence-electron chi connectivity index (χ4n) is 4.44. The molecule has 2 aromatic carbocycles. The van der Waals surface area contributed by atoms with E-state index in [1.165, 1.54) is 0 Å². The Morgan fingerprint density at radius 2 is 1.69 bits per heavy atom. The molecule has 1 saturated heterocycles. The molecule has 7 nitrogen and oxygen atoms in total. The minimum absolute atomic E-state index is 0.326. The van der Waals surface area contributed by atoms with Crippen molar-refractivity contribution in [2.75, 3.05) is 32.8 Å². The number of nitrogens with zero attached hydrogens (tertiary/aromatic N) is 3. The van der Waals surface area contributed by atoms with E-state index in [2.05, 4.69) is 9.80 Å². The number of ether oxygens (including phenoxy) is 1. The first-order valence-corrected chi connectivity index (χ1v) is 12.2. The molecule has 1 aliphatic heterocycles. The topological polar surface area (TPSA) is 72.0 Å². The molecule has 4 aromatic rings. The molecule has 182 valence electrons. The van der Waals surface area contributed by atoms with Crippen molar-refractivity contribution in [3.05, 3.63) is 81.0 Å². The summed E-state index contributed by atoms with van der Waals surface area (Å²) in [4.78, 5) is 21.6. The minimum Gasteiger partial charge on any atom is -0.494 e. The Morgan fingerprint density at radius 3 is 2.40 bits per heavy atom. The van der Waals surface area contributed by atoms with Crippen LogP contribution in [0.15, 0.2) is 62.2 Å². The maximum atomic E-state index is 12.1. The van der Waals surface area contributed by atoms with E-state index in [1.54, 1.807) is 6.07 Å². The predicted molar refractivity (Wildman–Crippen MR) is 136 cm³/mol. The lowest BCUT2D eigenvalue weighted by Gasteiger charge is -2.34. The van der Waals surface area contributed by atoms with Crippen LogP contribution in [0.3, 0.4) is 0 Å². The molecule has 0 radical (unpaired) electrons. The number of rotatable bonds is 7. The van der Waals surface area contributed by atoms with E-state index in [-0.39, 0.29) is 5.63 Å². The minimum atomic E-state index is -0.326. The van der Waals surface area contributed by atoms with Gasteiger partial charge in [0.25, 0.3) is 0 Å². The van der Waals surface area contributed by atoms with Crippen LogP contribution in [-0.2, 0) is 13.1 Å². The van der Waals surface area contributed by atoms with E-state index in [0.29, 0.717) is 29.6 Å². The molecule has 0 spiro atoms. The monoisotopic (exact) mass is 493 g/mol. The van der Waals surface area contributed by atoms with Crippen LogP contribution >= 0.6 is 11.6 Å². The first-order valence-electron chi connectivity index (χ1n) is 11.8. The van der Waals surface area contributed by atoms with Crippen LogP contribution < -0.4 is 10.4 Å². The molecule has 0 unspecified atom stereocenters. The molecule has 35 heavy (non-hydrogen) atoms. The Bertz CT molecular complexity index is 1370. The summed E-state index contributed by atoms with van der Waals surface area (Å²) in [6, 6.07) is 14.7. The third kappa shape index (κ3) is 5.42. The highest BCUT2D eigenvalue weighted by Gasteiger charge is 2.21. The van der Waals surface area contributed by atoms with E-state index in [9.17, 15) is 4.79 Å². The smallest absolute Gasteiger partial charge is 0.336 e. The summed E-state index contributed by atoms with van der Waals surface area (Å²) in [5, 5.41) is 1.61. The molecule has 0 N–H and O–H groups in total. The number of hydrogen-bond donors (Lipinski definition) is 0. The van der Waals surface area contributed by atoms with Gasteiger partial charge in [0, 0.05) is 61.3 Å². The van der Waals surface area contributed by atoms with Gasteiger partial charge in [-0.15, -0.1) is 0 Å². The number of fused-ring (bicyclic) bond motifs is 1. The molecule has 0 atom stereocenters. The molecule has 0 aliphatic carbocycles. The van der Waals surface area contributed by atoms with Crippen LogP contribution in [0.5, 0.6) is 5.75 Å². The van der Waals surface area contributed by atoms with Crippen molar-refractivity contribution in [3.8, 4) is 17.2 Å². The number of hydrogen-bond acceptors (Lipinski definition) is 7. The summed E-state index contributed by atoms with van der Waals surface area (Å²) >= 11 is 6.00. The Labute approximate surface area is 208 Å². The zero-order valence-electron chi connectivity index (χ0n) is 19.9. The molecular formula is C27H28ClN3O4. The molecule has 0 saturated carbocycles. The maximum absolute atomic E-state index is 12.1. The van der Waals surface area contributed by atoms with Crippen molar-refractivity contribution >= 4 is 22.6 Å². The molecular weight excluding hydrogens is 466 g/mol. The van der Waals surface area contributed by atoms with Crippen molar-refractivity contribution in [3.63, 3.8) is 0 Å². The zero-order valence-corrected chi connectivity index (χ0v) is 20.7. The zero-order chi connectivity index (χ0) is 24.4. The second kappa shape index (κ2) is 10.2. The highest BCUT2D eigenvalue weighted by Crippen LogP contribution is 2.26. The largest absolute Gasteiger partial charge is 0.494 e. The summed E-state index contributed by atoms with van der Waals surface area (Å²) in [6.45, 7) is 9.54. The Kier molecular flexibility index (Phi) is 6.90. The molecule has 2 aromatic heterocycles. The van der Waals surface area contributed by atoms with Gasteiger partial charge in [0.2, 0.25) is 5.89 Å². The average Bonchev–Trinajstić information content (AvgIpc) is 3.21. The molecule has 3 heterocycles. The number of oxazole rings is 1. The SMILES string of the molecule is CCOc1ccc2oc(=O)cc(CN3CCN(Cc4nc(-c5ccc(Cl)cc5)oc4C)CC3)c2c1. The summed E-state index contributed by atoms with van der Waals surface area (Å²) in [7, 11) is 0. The maximum Gasteiger partial charge on any atom is 0.336 e. The first-order chi connectivity index (χ1) is 17.0. The van der Waals surface area contributed by atoms with Gasteiger partial charge >= 0.3 is 5.63 Å². The van der Waals surface area contributed by atoms with Crippen LogP contribution in [0.2, 0.25) is 5.02 Å². The van der Waals surface area contributed by atoms with Gasteiger partial charge in [-0.25, -0.2) is 9.78 Å². The van der Waals surface area contributed by atoms with E-state index >= 15 is 0 Å². The number of halogens is 1. The molecule has 0 bridgehead atoms. The third-order valence-corrected chi connectivity index (χ3v) is 6.58. The number of aromatic nitrogens is 1. The van der Waals surface area contributed by atoms with Gasteiger partial charge in [-0.05, 0) is 61.9 Å². The molecule has 0 amide bonds. The van der Waals surface area contributed by atoms with Gasteiger partial charge in [-0.1, -0.05) is 11.6 Å². The molecule has 5 rings (SSSR count). The fraction of sp³-hybridized carbons (Fsp3) is 0.333. The Morgan fingerprint density at radius 1 is 0.971 bits per heavy atom. The van der Waals surface area contributed by atoms with E-state index in [1.807, 2.05) is 56.3 Å². The van der Waals surface area contributed by atoms with Gasteiger partial charge in [-0.3, -0.25) is 9.80 Å². The third-order valence-electron chi connectivity index (χ3n) is 6.33. The number of benzene rings is 2. The van der Waals surface area contributed by atoms with Crippen LogP contribution in [0.4, 0.5) is 0 Å². The van der Waals surface area contributed by atoms with Crippen molar-refractivity contribution < 1.29 is 13.6 Å². The molecule has 8 heteroatoms. The summed E-state index contributed by atoms with van der Waals surface area (Å²) in [6.07, 6.45) is 0. The summed E-state index contributed by atoms with van der Waals surface area (Å²) in [5.74, 6) is 2.24. The van der Waals surface area contributed by atoms with Crippen LogP contribution in [0.25, 0.3) is 22.4 Å². The molecule has 1 aliphatic rings. The second-order valence-corrected chi connectivity index (χ2v) is 9.20. The van der Waals surface area contributed by atoms with Crippen LogP contribution in [0.1, 0.15) is 23.9 Å². The quantitative estimate of drug-likeness (QED) is 0.330. The molecule has 1 fully saturated rings. The number of aryl methyl sites for hydroxylation is 1. The van der Waals surface area contributed by atoms with Crippen LogP contribution in [0, 0.1) is 6.92 Å². The van der Waals surface area contributed by atoms with Gasteiger partial charge in [0.1, 0.15) is 17.1 Å². The van der Waals surface area contributed by atoms with Gasteiger partial charge in [-0.2, -0.15) is 0 Å². The van der Waals surface area contributed by atoms with Crippen molar-refractivity contribution in [2.24, 2.45) is 0 Å². The van der Waals surface area contributed by atoms with Gasteiger partial charge in [0.05, 0.1) is 12.3 Å². The Balaban J connectivity index is 1.24. The Hall–Kier alpha value is -3.13. The second-order valence-electron chi connectivity index (χ2n) is 8.76. The lowest BCUT2D eigenvalue weighted by Crippen LogP contribution is -2.45. The van der Waals surface area contributed by atoms with Crippen molar-refractivity contribution in [1.29, 1.82) is 0 Å². The van der Waals surface area contributed by atoms with Gasteiger partial charge < -0.3 is 13.6 Å². The lowest BCUT2D eigenvalue weighted by atomic mass is 10.1. The van der Waals surface area contributed by atoms with Crippen molar-refractivity contribution in [1.82, 2.24) is 14.8 Å². The van der Waals surface area contributed by atoms with E-state index in [0.717, 1.165) is 66.4 Å². The highest BCUT2D eigenvalue weighted by atomic mass is 35.5. The fourth-order valence-corrected chi connectivity index (χ4v) is 4.57. The van der Waals surface area contributed by atoms with Gasteiger partial charge in [0.15, 0.2) is 0 Å². The summed E-state index contributed by atoms with van der Waals surface area (Å²) < 4.78 is 17.0. The lowest BCUT2D eigenvalue weighted by molar-refractivity contribution is 0.121. The first kappa shape index (κ1) is 23.6. The predicted octanol–water partition coefficient (Wildman–Crippen LogP) is 5.13. The normalized spacial score (nSPS) is 15.1. The summed E-state index contributed by atoms with van der Waals surface area (Å²) in [5.41, 5.74) is 3.10. The van der Waals surface area contributed by atoms with E-state index < -0.39 is 0 Å². The van der Waals surface area contributed by atoms with Crippen LogP contribution in [-0.4, -0.2) is 47.6 Å². The number of piperazine rings is 1. The standard InChI is InChI=1S/C27H28ClN3O4/c1-3-33-22-8-9-25-23(15-22)20(14-26(32)35-25)16-30-10-12-31(13-11-30)17-24-18(2)34-27(29-24)19-4-6-21(28)7-5-19/h4-9,14-15H,3,10-13,16-17H2,1-2H3. The average molecular weight is 494 g/mol. The van der Waals surface area contributed by atoms with E-state index in [4.69, 9.17) is 30.2 Å². The van der Waals surface area contributed by atoms with Crippen molar-refractivity contribution in [2.45, 2.75) is 26.9 Å². The highest BCUT2D eigenvalue weighted by molar-refractivity contribution is 6.30.